The van der Waals surface area contributed by atoms with Crippen LogP contribution in [0.4, 0.5) is 0 Å². The maximum Gasteiger partial charge on any atom is -0.00768 e. The summed E-state index contributed by atoms with van der Waals surface area (Å²) in [7, 11) is 0. The Morgan fingerprint density at radius 3 is 0.429 bits per heavy atom. The highest BCUT2D eigenvalue weighted by Gasteiger charge is 1.75. The molecule has 0 aliphatic heterocycles. The molecule has 0 aromatic heterocycles. The van der Waals surface area contributed by atoms with Crippen molar-refractivity contribution in [3.05, 3.63) is 55.4 Å². The lowest BCUT2D eigenvalue weighted by atomic mass is 10.3. The fraction of sp³-hybridized carbons (Fsp3) is 0.667. The van der Waals surface area contributed by atoms with E-state index in [9.17, 15) is 0 Å². The summed E-state index contributed by atoms with van der Waals surface area (Å²) in [5, 5.41) is 0. The van der Waals surface area contributed by atoms with Gasteiger partial charge >= 0.3 is 0 Å². The smallest absolute Gasteiger partial charge is 0.00768 e. The van der Waals surface area contributed by atoms with Crippen LogP contribution in [0.2, 0.25) is 0 Å². The Morgan fingerprint density at radius 2 is 0.393 bits per heavy atom. The highest BCUT2D eigenvalue weighted by molar-refractivity contribution is 4.40. The molecule has 28 heavy (non-hydrogen) atoms. The van der Waals surface area contributed by atoms with Gasteiger partial charge in [0.05, 0.1) is 0 Å². The quantitative estimate of drug-likeness (QED) is 0.382. The van der Waals surface area contributed by atoms with Crippen LogP contribution in [0.15, 0.2) is 0 Å². The minimum atomic E-state index is 0.775. The van der Waals surface area contributed by atoms with Crippen molar-refractivity contribution in [1.29, 1.82) is 0 Å². The van der Waals surface area contributed by atoms with E-state index in [0.717, 1.165) is 103 Å². The van der Waals surface area contributed by atoms with Crippen molar-refractivity contribution in [3.63, 3.8) is 0 Å². The first-order valence-corrected chi connectivity index (χ1v) is 10.6. The predicted molar refractivity (Wildman–Crippen MR) is 134 cm³/mol. The number of nitrogens with two attached hydrogens (primary N) is 4. The van der Waals surface area contributed by atoms with Crippen LogP contribution < -0.4 is 22.9 Å². The van der Waals surface area contributed by atoms with Crippen LogP contribution in [0.25, 0.3) is 0 Å². The molecule has 0 fully saturated rings. The third-order valence-corrected chi connectivity index (χ3v) is 2.32. The fourth-order valence-electron chi connectivity index (χ4n) is 0.577. The average molecular weight is 401 g/mol. The number of hydrogen-bond acceptors (Lipinski definition) is 4. The molecule has 0 rings (SSSR count). The Kier molecular flexibility index (Phi) is 107. The third kappa shape index (κ3) is 165. The maximum absolute atomic E-state index is 5.16. The molecule has 0 heterocycles. The van der Waals surface area contributed by atoms with Crippen molar-refractivity contribution >= 4 is 0 Å². The second-order valence-electron chi connectivity index (χ2n) is 5.40. The van der Waals surface area contributed by atoms with Gasteiger partial charge in [0.15, 0.2) is 0 Å². The lowest BCUT2D eigenvalue weighted by Crippen LogP contribution is -2.03. The molecule has 0 amide bonds. The molecule has 0 aromatic carbocycles. The topological polar surface area (TPSA) is 104 Å². The second-order valence-corrected chi connectivity index (χ2v) is 5.40. The van der Waals surface area contributed by atoms with Crippen LogP contribution >= 0.6 is 0 Å². The highest BCUT2D eigenvalue weighted by atomic mass is 14.5. The number of hydrogen-bond donors (Lipinski definition) is 4. The Balaban J connectivity index is -0.0000000525. The average Bonchev–Trinajstić information content (AvgIpc) is 2.77. The molecule has 0 aliphatic rings. The highest BCUT2D eigenvalue weighted by Crippen LogP contribution is 1.78. The monoisotopic (exact) mass is 400 g/mol. The predicted octanol–water partition coefficient (Wildman–Crippen LogP) is 5.11. The molecule has 172 valence electrons. The lowest BCUT2D eigenvalue weighted by Gasteiger charge is -1.87. The van der Waals surface area contributed by atoms with Gasteiger partial charge in [-0.25, -0.2) is 0 Å². The van der Waals surface area contributed by atoms with E-state index in [2.05, 4.69) is 55.4 Å². The van der Waals surface area contributed by atoms with Gasteiger partial charge in [0.2, 0.25) is 0 Å². The molecule has 0 saturated carbocycles. The van der Waals surface area contributed by atoms with Gasteiger partial charge in [-0.2, -0.15) is 0 Å². The first-order valence-electron chi connectivity index (χ1n) is 10.6. The van der Waals surface area contributed by atoms with E-state index in [1.807, 2.05) is 0 Å². The van der Waals surface area contributed by atoms with Crippen LogP contribution in [-0.2, 0) is 0 Å². The fourth-order valence-corrected chi connectivity index (χ4v) is 0.577. The first kappa shape index (κ1) is 42.0. The van der Waals surface area contributed by atoms with Crippen molar-refractivity contribution < 1.29 is 0 Å². The summed E-state index contributed by atoms with van der Waals surface area (Å²) in [6.07, 6.45) is 11.9. The van der Waals surface area contributed by atoms with E-state index in [0.29, 0.717) is 0 Å². The van der Waals surface area contributed by atoms with E-state index >= 15 is 0 Å². The molecule has 0 spiro atoms. The standard InChI is InChI=1S/2C4H12N2.4C4H8/c2*5-3-1-2-4-6;4*1-3-4-2/h2*1-6H2;4*1-4H2. The van der Waals surface area contributed by atoms with E-state index in [1.54, 1.807) is 0 Å². The van der Waals surface area contributed by atoms with Gasteiger partial charge in [0.25, 0.3) is 0 Å². The van der Waals surface area contributed by atoms with E-state index in [1.165, 1.54) is 0 Å². The molecule has 8 N–H and O–H groups in total. The van der Waals surface area contributed by atoms with Gasteiger partial charge in [-0.15, -0.1) is 0 Å². The van der Waals surface area contributed by atoms with Gasteiger partial charge in [-0.3, -0.25) is 0 Å². The molecule has 4 nitrogen and oxygen atoms in total. The molecule has 4 heteroatoms. The number of rotatable bonds is 10. The SMILES string of the molecule is NCCCCN.NCCCCN.[CH2]CC[CH2].[CH2]CC[CH2].[CH2]CC[CH2].[CH2]CC[CH2]. The molecule has 0 saturated heterocycles. The zero-order valence-electron chi connectivity index (χ0n) is 19.3. The van der Waals surface area contributed by atoms with Crippen molar-refractivity contribution in [2.45, 2.75) is 77.0 Å². The minimum absolute atomic E-state index is 0.775. The Labute approximate surface area is 182 Å². The Bertz CT molecular complexity index is 105. The Hall–Kier alpha value is -0.160. The zero-order chi connectivity index (χ0) is 23.3. The summed E-state index contributed by atoms with van der Waals surface area (Å²) in [6.45, 7) is 31.4. The summed E-state index contributed by atoms with van der Waals surface area (Å²) in [5.74, 6) is 0. The summed E-state index contributed by atoms with van der Waals surface area (Å²) in [5.41, 5.74) is 20.6. The maximum atomic E-state index is 5.16. The minimum Gasteiger partial charge on any atom is -0.330 e. The van der Waals surface area contributed by atoms with Crippen LogP contribution in [0.5, 0.6) is 0 Å². The van der Waals surface area contributed by atoms with Crippen molar-refractivity contribution in [2.75, 3.05) is 26.2 Å². The lowest BCUT2D eigenvalue weighted by molar-refractivity contribution is 0.755. The molecule has 8 radical (unpaired) electrons. The summed E-state index contributed by atoms with van der Waals surface area (Å²) < 4.78 is 0. The van der Waals surface area contributed by atoms with E-state index in [-0.39, 0.29) is 0 Å². The van der Waals surface area contributed by atoms with Gasteiger partial charge in [0.1, 0.15) is 0 Å². The third-order valence-electron chi connectivity index (χ3n) is 2.32. The van der Waals surface area contributed by atoms with Crippen LogP contribution in [-0.4, -0.2) is 26.2 Å². The molecule has 0 aromatic rings. The number of unbranched alkanes of at least 4 members (excludes halogenated alkanes) is 6. The van der Waals surface area contributed by atoms with E-state index < -0.39 is 0 Å². The molecule has 0 aliphatic carbocycles. The molecule has 0 bridgehead atoms. The van der Waals surface area contributed by atoms with Crippen LogP contribution in [0.3, 0.4) is 0 Å². The first-order chi connectivity index (χ1) is 13.5. The summed E-state index contributed by atoms with van der Waals surface area (Å²) >= 11 is 0. The molecule has 0 atom stereocenters. The summed E-state index contributed by atoms with van der Waals surface area (Å²) in [4.78, 5) is 0. The largest absolute Gasteiger partial charge is 0.330 e. The van der Waals surface area contributed by atoms with Crippen LogP contribution in [0, 0.1) is 55.4 Å². The van der Waals surface area contributed by atoms with Crippen molar-refractivity contribution in [1.82, 2.24) is 0 Å². The normalized spacial score (nSPS) is 8.14. The van der Waals surface area contributed by atoms with Gasteiger partial charge in [-0.05, 0) is 51.9 Å². The second kappa shape index (κ2) is 71.4. The Morgan fingerprint density at radius 1 is 0.286 bits per heavy atom. The van der Waals surface area contributed by atoms with Gasteiger partial charge < -0.3 is 22.9 Å². The van der Waals surface area contributed by atoms with Crippen molar-refractivity contribution in [2.24, 2.45) is 22.9 Å². The zero-order valence-corrected chi connectivity index (χ0v) is 19.3. The summed E-state index contributed by atoms with van der Waals surface area (Å²) in [6, 6.07) is 0. The molecular weight excluding hydrogens is 344 g/mol. The molecular formula is C24H56N4. The van der Waals surface area contributed by atoms with Gasteiger partial charge in [0, 0.05) is 0 Å². The van der Waals surface area contributed by atoms with Crippen molar-refractivity contribution in [3.8, 4) is 0 Å². The van der Waals surface area contributed by atoms with Crippen LogP contribution in [0.1, 0.15) is 77.0 Å². The molecule has 0 unspecified atom stereocenters. The van der Waals surface area contributed by atoms with Gasteiger partial charge in [-0.1, -0.05) is 107 Å². The van der Waals surface area contributed by atoms with E-state index in [4.69, 9.17) is 22.9 Å².